The molecule has 0 fully saturated rings. The molecule has 0 radical (unpaired) electrons. The van der Waals surface area contributed by atoms with Crippen LogP contribution in [0.15, 0.2) is 0 Å². The van der Waals surface area contributed by atoms with Crippen molar-refractivity contribution in [3.05, 3.63) is 14.4 Å². The Morgan fingerprint density at radius 1 is 0.545 bits per heavy atom. The fraction of sp³-hybridized carbons (Fsp3) is 0.333. The van der Waals surface area contributed by atoms with Crippen molar-refractivity contribution in [2.45, 2.75) is 6.92 Å². The van der Waals surface area contributed by atoms with E-state index in [9.17, 15) is 0 Å². The van der Waals surface area contributed by atoms with Crippen LogP contribution in [-0.2, 0) is 21.1 Å². The molecule has 0 amide bonds. The predicted molar refractivity (Wildman–Crippen MR) is 17.4 cm³/mol. The summed E-state index contributed by atoms with van der Waals surface area (Å²) in [6, 6.07) is 0. The second-order valence-corrected chi connectivity index (χ2v) is 0. The van der Waals surface area contributed by atoms with Gasteiger partial charge in [-0.1, -0.05) is 0 Å². The largest absolute Gasteiger partial charge is 0.358 e. The van der Waals surface area contributed by atoms with Gasteiger partial charge in [0.15, 0.2) is 0 Å². The summed E-state index contributed by atoms with van der Waals surface area (Å²) in [7, 11) is 0. The van der Waals surface area contributed by atoms with Gasteiger partial charge < -0.3 is 14.4 Å². The summed E-state index contributed by atoms with van der Waals surface area (Å²) in [6.07, 6.45) is 0. The van der Waals surface area contributed by atoms with Crippen molar-refractivity contribution in [2.75, 3.05) is 0 Å². The van der Waals surface area contributed by atoms with Crippen molar-refractivity contribution in [1.29, 1.82) is 0 Å². The molecule has 0 rings (SSSR count). The van der Waals surface area contributed by atoms with E-state index in [0.717, 1.165) is 0 Å². The van der Waals surface area contributed by atoms with Gasteiger partial charge in [-0.25, -0.2) is 0 Å². The monoisotopic (exact) mass is 2100 g/mol. The standard InChI is InChI=1S/C2H5.CH3.7Rf.W/c1-2;;;;;;;;;/h1H2,2H3;1H3;;;;;;;;/q2*-1;;;;;;;;. The average molecular weight is 2100 g/mol. The summed E-state index contributed by atoms with van der Waals surface area (Å²) in [6.45, 7) is 5.00. The third-order valence-electron chi connectivity index (χ3n) is 0. The molecule has 0 saturated carbocycles. The normalized spacial score (nSPS) is 0.545. The van der Waals surface area contributed by atoms with E-state index in [1.165, 1.54) is 0 Å². The van der Waals surface area contributed by atoms with E-state index in [0.29, 0.717) is 0 Å². The van der Waals surface area contributed by atoms with E-state index in [1.807, 2.05) is 0 Å². The molecule has 0 aliphatic carbocycles. The Labute approximate surface area is 42.9 Å². The van der Waals surface area contributed by atoms with Gasteiger partial charge in [0.25, 0.3) is 0 Å². The summed E-state index contributed by atoms with van der Waals surface area (Å²) < 4.78 is 0. The quantitative estimate of drug-likeness (QED) is 0.322. The zero-order valence-corrected chi connectivity index (χ0v) is 55.8. The van der Waals surface area contributed by atoms with Crippen LogP contribution < -0.4 is 0 Å². The Balaban J connectivity index is -0.000000000139. The van der Waals surface area contributed by atoms with Crippen molar-refractivity contribution >= 4 is 0 Å². The first-order valence-corrected chi connectivity index (χ1v) is 0.707. The Morgan fingerprint density at radius 3 is 0.545 bits per heavy atom. The zero-order valence-electron chi connectivity index (χ0n) is 8.07. The zero-order chi connectivity index (χ0) is 2.00. The molecule has 0 aromatic carbocycles. The molecule has 0 atom stereocenters. The Bertz CT molecular complexity index is 13.6. The summed E-state index contributed by atoms with van der Waals surface area (Å²) in [5.41, 5.74) is 0. The fourth-order valence-corrected chi connectivity index (χ4v) is 0. The molecule has 0 aliphatic rings. The molecule has 0 N–H and O–H groups in total. The van der Waals surface area contributed by atoms with Crippen LogP contribution in [0.4, 0.5) is 0 Å². The van der Waals surface area contributed by atoms with E-state index < -0.39 is 0 Å². The molecule has 0 saturated heterocycles. The third kappa shape index (κ3) is 0.264. The minimum atomic E-state index is 0. The van der Waals surface area contributed by atoms with Gasteiger partial charge in [0.05, 0.1) is 0 Å². The van der Waals surface area contributed by atoms with E-state index >= 15 is 0 Å². The Morgan fingerprint density at radius 2 is 0.545 bits per heavy atom. The molecule has 0 aromatic rings. The first-order valence-electron chi connectivity index (χ1n) is 0.707. The van der Waals surface area contributed by atoms with Crippen molar-refractivity contribution in [3.8, 4) is 0 Å². The summed E-state index contributed by atoms with van der Waals surface area (Å²) in [5, 5.41) is 0. The van der Waals surface area contributed by atoms with Crippen molar-refractivity contribution in [3.63, 3.8) is 0 Å². The summed E-state index contributed by atoms with van der Waals surface area (Å²) in [4.78, 5) is 0. The first kappa shape index (κ1) is 2.26. The molecule has 11 heavy (non-hydrogen) atoms. The van der Waals surface area contributed by atoms with Gasteiger partial charge in [-0.3, -0.25) is 0 Å². The molecule has 0 aliphatic heterocycles. The smallest absolute Gasteiger partial charge is 0 e. The fourth-order valence-electron chi connectivity index (χ4n) is 0. The topological polar surface area (TPSA) is 0 Å². The minimum absolute atomic E-state index is 0. The van der Waals surface area contributed by atoms with Crippen LogP contribution in [0.1, 0.15) is 6.92 Å². The van der Waals surface area contributed by atoms with Crippen LogP contribution in [0.25, 0.3) is 0 Å². The van der Waals surface area contributed by atoms with Gasteiger partial charge in [0, 0.05) is 21.1 Å². The van der Waals surface area contributed by atoms with Crippen molar-refractivity contribution in [2.24, 2.45) is 0 Å². The van der Waals surface area contributed by atoms with Gasteiger partial charge in [-0.05, 0) is 0 Å². The molecule has 0 bridgehead atoms. The molecule has 0 spiro atoms. The van der Waals surface area contributed by atoms with Gasteiger partial charge >= 0.3 is 0 Å². The van der Waals surface area contributed by atoms with Crippen LogP contribution in [-0.4, -0.2) is 0 Å². The number of hydrogen-bond donors (Lipinski definition) is 0. The molecule has 8 heteroatoms. The van der Waals surface area contributed by atoms with Crippen LogP contribution in [0.5, 0.6) is 0 Å². The van der Waals surface area contributed by atoms with Crippen molar-refractivity contribution < 1.29 is 21.1 Å². The summed E-state index contributed by atoms with van der Waals surface area (Å²) >= 11 is 0. The Hall–Kier alpha value is -6.31. The first-order chi connectivity index (χ1) is 1.00. The maximum absolute atomic E-state index is 3.25. The molecule has 42 valence electrons. The number of hydrogen-bond acceptors (Lipinski definition) is 0. The van der Waals surface area contributed by atoms with Crippen LogP contribution in [0, 0.1) is 14.4 Å². The van der Waals surface area contributed by atoms with Crippen LogP contribution in [0.2, 0.25) is 0 Å². The predicted octanol–water partition coefficient (Wildman–Crippen LogP) is 1.29. The maximum atomic E-state index is 3.25. The SMILES string of the molecule is [CH2-]C.[CH3-].[Rf].[Rf].[Rf].[Rf].[Rf].[Rf].[Rf].[W]. The van der Waals surface area contributed by atoms with Crippen LogP contribution >= 0.6 is 0 Å². The third-order valence-corrected chi connectivity index (χ3v) is 0. The molecule has 0 unspecified atom stereocenters. The molecular formula is C3H8Rf7W-2. The Kier molecular flexibility index (Phi) is 0.138. The van der Waals surface area contributed by atoms with E-state index in [-0.39, 0.29) is 28.5 Å². The number of rotatable bonds is 0. The molecule has 0 nitrogen and oxygen atoms in total. The van der Waals surface area contributed by atoms with E-state index in [2.05, 4.69) is 6.92 Å². The van der Waals surface area contributed by atoms with Gasteiger partial charge in [0.1, 0.15) is 0 Å². The molecule has 0 aromatic heterocycles. The van der Waals surface area contributed by atoms with E-state index in [1.54, 1.807) is 6.92 Å². The van der Waals surface area contributed by atoms with Crippen molar-refractivity contribution in [1.82, 2.24) is 0 Å². The average Bonchev–Trinajstić information content (AvgIpc) is 1.00. The molecular weight excluding hydrogens is 2090 g/mol. The second kappa shape index (κ2) is 0.669. The van der Waals surface area contributed by atoms with Gasteiger partial charge in [-0.15, -0.1) is 0 Å². The van der Waals surface area contributed by atoms with E-state index in [4.69, 9.17) is 0 Å². The maximum Gasteiger partial charge on any atom is 0 e. The second-order valence-electron chi connectivity index (χ2n) is 0. The van der Waals surface area contributed by atoms with Gasteiger partial charge in [-0.2, -0.15) is 6.92 Å². The summed E-state index contributed by atoms with van der Waals surface area (Å²) in [5.74, 6) is 0. The van der Waals surface area contributed by atoms with Crippen LogP contribution in [0.3, 0.4) is 0 Å². The minimum Gasteiger partial charge on any atom is -0.358 e. The molecule has 0 heterocycles. The van der Waals surface area contributed by atoms with Gasteiger partial charge in [0.2, 0.25) is 0 Å².